The van der Waals surface area contributed by atoms with E-state index in [-0.39, 0.29) is 10.9 Å². The van der Waals surface area contributed by atoms with Crippen LogP contribution in [-0.4, -0.2) is 31.9 Å². The molecule has 128 valence electrons. The lowest BCUT2D eigenvalue weighted by atomic mass is 10.1. The molecular weight excluding hydrogens is 327 g/mol. The number of benzene rings is 2. The number of hydrogen-bond donors (Lipinski definition) is 1. The summed E-state index contributed by atoms with van der Waals surface area (Å²) in [5, 5.41) is 3.27. The second-order valence-corrected chi connectivity index (χ2v) is 7.88. The van der Waals surface area contributed by atoms with Gasteiger partial charge < -0.3 is 5.32 Å². The quantitative estimate of drug-likeness (QED) is 0.904. The standard InChI is InChI=1S/C18H21FN2O2S/c19-16-8-10-18(11-9-16)24(22,23)21(17-7-4-12-20-13-17)14-15-5-2-1-3-6-15/h1-3,5-6,8-11,17,20H,4,7,12-14H2. The Morgan fingerprint density at radius 1 is 1.08 bits per heavy atom. The molecule has 2 aromatic rings. The molecule has 0 aliphatic carbocycles. The fourth-order valence-electron chi connectivity index (χ4n) is 2.99. The number of hydrogen-bond acceptors (Lipinski definition) is 3. The average Bonchev–Trinajstić information content (AvgIpc) is 2.61. The number of halogens is 1. The molecule has 1 aliphatic rings. The second kappa shape index (κ2) is 7.42. The van der Waals surface area contributed by atoms with Gasteiger partial charge in [-0.2, -0.15) is 4.31 Å². The molecule has 1 aliphatic heterocycles. The first-order valence-corrected chi connectivity index (χ1v) is 9.53. The minimum Gasteiger partial charge on any atom is -0.315 e. The first-order chi connectivity index (χ1) is 11.6. The Morgan fingerprint density at radius 3 is 2.42 bits per heavy atom. The molecule has 1 atom stereocenters. The van der Waals surface area contributed by atoms with E-state index < -0.39 is 15.8 Å². The van der Waals surface area contributed by atoms with Gasteiger partial charge >= 0.3 is 0 Å². The Labute approximate surface area is 142 Å². The van der Waals surface area contributed by atoms with Crippen molar-refractivity contribution in [3.05, 3.63) is 66.0 Å². The average molecular weight is 348 g/mol. The third-order valence-corrected chi connectivity index (χ3v) is 6.19. The van der Waals surface area contributed by atoms with Gasteiger partial charge in [-0.1, -0.05) is 30.3 Å². The highest BCUT2D eigenvalue weighted by Crippen LogP contribution is 2.24. The molecule has 6 heteroatoms. The van der Waals surface area contributed by atoms with Gasteiger partial charge in [-0.3, -0.25) is 0 Å². The topological polar surface area (TPSA) is 49.4 Å². The molecule has 1 heterocycles. The minimum absolute atomic E-state index is 0.103. The van der Waals surface area contributed by atoms with Gasteiger partial charge in [0.1, 0.15) is 5.82 Å². The van der Waals surface area contributed by atoms with Crippen molar-refractivity contribution in [1.82, 2.24) is 9.62 Å². The molecule has 3 rings (SSSR count). The zero-order valence-corrected chi connectivity index (χ0v) is 14.2. The van der Waals surface area contributed by atoms with Crippen molar-refractivity contribution >= 4 is 10.0 Å². The van der Waals surface area contributed by atoms with Gasteiger partial charge in [0.25, 0.3) is 0 Å². The summed E-state index contributed by atoms with van der Waals surface area (Å²) in [7, 11) is -3.69. The largest absolute Gasteiger partial charge is 0.315 e. The maximum absolute atomic E-state index is 13.2. The lowest BCUT2D eigenvalue weighted by molar-refractivity contribution is 0.260. The summed E-state index contributed by atoms with van der Waals surface area (Å²) < 4.78 is 40.9. The van der Waals surface area contributed by atoms with Crippen molar-refractivity contribution in [3.63, 3.8) is 0 Å². The molecule has 4 nitrogen and oxygen atoms in total. The highest BCUT2D eigenvalue weighted by molar-refractivity contribution is 7.89. The van der Waals surface area contributed by atoms with E-state index in [1.807, 2.05) is 30.3 Å². The Hall–Kier alpha value is -1.76. The first-order valence-electron chi connectivity index (χ1n) is 8.09. The summed E-state index contributed by atoms with van der Waals surface area (Å²) in [5.41, 5.74) is 0.939. The Kier molecular flexibility index (Phi) is 5.28. The molecule has 0 radical (unpaired) electrons. The van der Waals surface area contributed by atoms with Crippen LogP contribution in [-0.2, 0) is 16.6 Å². The molecule has 0 saturated carbocycles. The van der Waals surface area contributed by atoms with Crippen LogP contribution in [0.4, 0.5) is 4.39 Å². The second-order valence-electron chi connectivity index (χ2n) is 5.99. The maximum atomic E-state index is 13.2. The summed E-state index contributed by atoms with van der Waals surface area (Å²) in [6.45, 7) is 1.85. The summed E-state index contributed by atoms with van der Waals surface area (Å²) >= 11 is 0. The molecule has 24 heavy (non-hydrogen) atoms. The summed E-state index contributed by atoms with van der Waals surface area (Å²) in [6.07, 6.45) is 1.76. The predicted octanol–water partition coefficient (Wildman–Crippen LogP) is 2.77. The molecule has 1 fully saturated rings. The van der Waals surface area contributed by atoms with Crippen LogP contribution in [0.25, 0.3) is 0 Å². The van der Waals surface area contributed by atoms with Gasteiger partial charge in [0.05, 0.1) is 4.90 Å². The number of nitrogens with zero attached hydrogens (tertiary/aromatic N) is 1. The fourth-order valence-corrected chi connectivity index (χ4v) is 4.64. The Bertz CT molecular complexity index is 757. The molecule has 1 unspecified atom stereocenters. The summed E-state index contributed by atoms with van der Waals surface area (Å²) in [6, 6.07) is 14.5. The van der Waals surface area contributed by atoms with Gasteiger partial charge in [0.2, 0.25) is 10.0 Å². The van der Waals surface area contributed by atoms with Crippen LogP contribution in [0.3, 0.4) is 0 Å². The molecule has 0 aromatic heterocycles. The third-order valence-electron chi connectivity index (χ3n) is 4.28. The van der Waals surface area contributed by atoms with E-state index in [0.717, 1.165) is 24.9 Å². The molecule has 1 saturated heterocycles. The molecule has 2 aromatic carbocycles. The summed E-state index contributed by atoms with van der Waals surface area (Å²) in [4.78, 5) is 0.130. The van der Waals surface area contributed by atoms with Crippen molar-refractivity contribution in [2.24, 2.45) is 0 Å². The van der Waals surface area contributed by atoms with E-state index in [1.54, 1.807) is 4.31 Å². The van der Waals surface area contributed by atoms with E-state index in [2.05, 4.69) is 5.32 Å². The van der Waals surface area contributed by atoms with Crippen LogP contribution in [0.1, 0.15) is 18.4 Å². The van der Waals surface area contributed by atoms with Gasteiger partial charge in [-0.25, -0.2) is 12.8 Å². The highest BCUT2D eigenvalue weighted by atomic mass is 32.2. The van der Waals surface area contributed by atoms with Crippen LogP contribution in [0.15, 0.2) is 59.5 Å². The number of piperidine rings is 1. The van der Waals surface area contributed by atoms with E-state index in [9.17, 15) is 12.8 Å². The van der Waals surface area contributed by atoms with Crippen molar-refractivity contribution in [1.29, 1.82) is 0 Å². The van der Waals surface area contributed by atoms with E-state index in [4.69, 9.17) is 0 Å². The van der Waals surface area contributed by atoms with Crippen molar-refractivity contribution < 1.29 is 12.8 Å². The van der Waals surface area contributed by atoms with E-state index >= 15 is 0 Å². The monoisotopic (exact) mass is 348 g/mol. The summed E-state index contributed by atoms with van der Waals surface area (Å²) in [5.74, 6) is -0.442. The third kappa shape index (κ3) is 3.83. The fraction of sp³-hybridized carbons (Fsp3) is 0.333. The SMILES string of the molecule is O=S(=O)(c1ccc(F)cc1)N(Cc1ccccc1)C1CCCNC1. The van der Waals surface area contributed by atoms with Gasteiger partial charge in [0, 0.05) is 19.1 Å². The lowest BCUT2D eigenvalue weighted by Crippen LogP contribution is -2.48. The number of sulfonamides is 1. The Morgan fingerprint density at radius 2 is 1.79 bits per heavy atom. The lowest BCUT2D eigenvalue weighted by Gasteiger charge is -2.34. The molecule has 0 amide bonds. The zero-order valence-electron chi connectivity index (χ0n) is 13.4. The van der Waals surface area contributed by atoms with Crippen molar-refractivity contribution in [3.8, 4) is 0 Å². The highest BCUT2D eigenvalue weighted by Gasteiger charge is 2.32. The van der Waals surface area contributed by atoms with Crippen LogP contribution in [0.5, 0.6) is 0 Å². The minimum atomic E-state index is -3.69. The molecular formula is C18H21FN2O2S. The Balaban J connectivity index is 1.94. The van der Waals surface area contributed by atoms with E-state index in [1.165, 1.54) is 24.3 Å². The van der Waals surface area contributed by atoms with Crippen molar-refractivity contribution in [2.75, 3.05) is 13.1 Å². The molecule has 0 bridgehead atoms. The van der Waals surface area contributed by atoms with Crippen LogP contribution >= 0.6 is 0 Å². The van der Waals surface area contributed by atoms with Crippen LogP contribution in [0.2, 0.25) is 0 Å². The smallest absolute Gasteiger partial charge is 0.243 e. The van der Waals surface area contributed by atoms with Crippen molar-refractivity contribution in [2.45, 2.75) is 30.3 Å². The molecule has 1 N–H and O–H groups in total. The number of nitrogens with one attached hydrogen (secondary N) is 1. The normalized spacial score (nSPS) is 18.7. The van der Waals surface area contributed by atoms with Gasteiger partial charge in [-0.05, 0) is 49.2 Å². The van der Waals surface area contributed by atoms with Gasteiger partial charge in [-0.15, -0.1) is 0 Å². The molecule has 0 spiro atoms. The van der Waals surface area contributed by atoms with Gasteiger partial charge in [0.15, 0.2) is 0 Å². The van der Waals surface area contributed by atoms with Crippen LogP contribution in [0, 0.1) is 5.82 Å². The zero-order chi connectivity index (χ0) is 17.0. The van der Waals surface area contributed by atoms with Crippen LogP contribution < -0.4 is 5.32 Å². The maximum Gasteiger partial charge on any atom is 0.243 e. The number of rotatable bonds is 5. The first kappa shape index (κ1) is 17.1. The predicted molar refractivity (Wildman–Crippen MR) is 91.5 cm³/mol. The van der Waals surface area contributed by atoms with E-state index in [0.29, 0.717) is 13.1 Å².